The average Bonchev–Trinajstić information content (AvgIpc) is 2.73. The third-order valence-electron chi connectivity index (χ3n) is 4.73. The second kappa shape index (κ2) is 8.56. The second-order valence-corrected chi connectivity index (χ2v) is 7.85. The Kier molecular flexibility index (Phi) is 5.71. The van der Waals surface area contributed by atoms with E-state index >= 15 is 0 Å². The van der Waals surface area contributed by atoms with Crippen LogP contribution < -0.4 is 15.9 Å². The number of para-hydroxylation sites is 1. The molecule has 0 saturated heterocycles. The number of nitrogens with one attached hydrogen (secondary N) is 1. The number of hydrogen-bond acceptors (Lipinski definition) is 6. The molecule has 3 heterocycles. The summed E-state index contributed by atoms with van der Waals surface area (Å²) in [6.45, 7) is 2.20. The molecule has 1 amide bonds. The van der Waals surface area contributed by atoms with Crippen molar-refractivity contribution in [1.82, 2.24) is 15.3 Å². The molecule has 6 nitrogen and oxygen atoms in total. The summed E-state index contributed by atoms with van der Waals surface area (Å²) in [5.74, 6) is 0.801. The lowest BCUT2D eigenvalue weighted by molar-refractivity contribution is -0.116. The number of rotatable bonds is 6. The SMILES string of the molecule is CCCCCCSC1=NN2C(=c3ccccc3=N[C@@H]2c2cccnc2)C(=O)N1. The molecule has 1 N–H and O–H groups in total. The molecular weight excluding hydrogens is 370 g/mol. The predicted molar refractivity (Wildman–Crippen MR) is 112 cm³/mol. The maximum Gasteiger partial charge on any atom is 0.276 e. The van der Waals surface area contributed by atoms with Gasteiger partial charge in [0.2, 0.25) is 0 Å². The van der Waals surface area contributed by atoms with Crippen molar-refractivity contribution in [3.8, 4) is 0 Å². The minimum atomic E-state index is -0.402. The summed E-state index contributed by atoms with van der Waals surface area (Å²) in [5, 5.41) is 11.7. The number of carbonyl (C=O) groups excluding carboxylic acids is 1. The molecule has 1 aromatic carbocycles. The standard InChI is InChI=1S/C21H23N5OS/c1-2-3-4-7-13-28-21-24-20(27)18-16-10-5-6-11-17(16)23-19(26(18)25-21)15-9-8-12-22-14-15/h5-6,8-12,14,19H,2-4,7,13H2,1H3,(H,24,25,27)/t19-/m0/s1. The van der Waals surface area contributed by atoms with Crippen molar-refractivity contribution in [1.29, 1.82) is 0 Å². The highest BCUT2D eigenvalue weighted by atomic mass is 32.2. The Balaban J connectivity index is 1.69. The molecule has 28 heavy (non-hydrogen) atoms. The highest BCUT2D eigenvalue weighted by Crippen LogP contribution is 2.30. The van der Waals surface area contributed by atoms with Crippen molar-refractivity contribution in [3.63, 3.8) is 0 Å². The van der Waals surface area contributed by atoms with Crippen LogP contribution in [0, 0.1) is 0 Å². The fourth-order valence-electron chi connectivity index (χ4n) is 3.34. The van der Waals surface area contributed by atoms with Gasteiger partial charge in [-0.25, -0.2) is 5.01 Å². The van der Waals surface area contributed by atoms with E-state index < -0.39 is 6.17 Å². The summed E-state index contributed by atoms with van der Waals surface area (Å²) < 4.78 is 0. The Morgan fingerprint density at radius 3 is 2.86 bits per heavy atom. The molecule has 1 atom stereocenters. The van der Waals surface area contributed by atoms with Crippen molar-refractivity contribution >= 4 is 28.5 Å². The summed E-state index contributed by atoms with van der Waals surface area (Å²) in [6, 6.07) is 11.5. The van der Waals surface area contributed by atoms with Crippen LogP contribution in [0.2, 0.25) is 0 Å². The number of hydrogen-bond donors (Lipinski definition) is 1. The molecule has 144 valence electrons. The van der Waals surface area contributed by atoms with E-state index in [0.29, 0.717) is 10.9 Å². The van der Waals surface area contributed by atoms with Crippen LogP contribution >= 0.6 is 11.8 Å². The first-order valence-corrected chi connectivity index (χ1v) is 10.7. The van der Waals surface area contributed by atoms with Gasteiger partial charge in [0.15, 0.2) is 11.3 Å². The smallest absolute Gasteiger partial charge is 0.276 e. The lowest BCUT2D eigenvalue weighted by Gasteiger charge is -2.33. The minimum absolute atomic E-state index is 0.137. The molecule has 2 aliphatic rings. The molecule has 1 aromatic heterocycles. The van der Waals surface area contributed by atoms with Crippen LogP contribution in [0.4, 0.5) is 0 Å². The van der Waals surface area contributed by atoms with E-state index in [2.05, 4.69) is 17.2 Å². The number of amides is 1. The summed E-state index contributed by atoms with van der Waals surface area (Å²) in [6.07, 6.45) is 7.87. The van der Waals surface area contributed by atoms with Crippen molar-refractivity contribution in [3.05, 3.63) is 64.9 Å². The Hall–Kier alpha value is -2.67. The van der Waals surface area contributed by atoms with Gasteiger partial charge in [0.05, 0.1) is 5.36 Å². The van der Waals surface area contributed by atoms with Crippen molar-refractivity contribution < 1.29 is 4.79 Å². The molecule has 2 aromatic rings. The number of nitrogens with zero attached hydrogens (tertiary/aromatic N) is 4. The van der Waals surface area contributed by atoms with Gasteiger partial charge in [0.1, 0.15) is 5.70 Å². The summed E-state index contributed by atoms with van der Waals surface area (Å²) in [4.78, 5) is 22.1. The van der Waals surface area contributed by atoms with Crippen LogP contribution in [-0.4, -0.2) is 26.8 Å². The van der Waals surface area contributed by atoms with Crippen molar-refractivity contribution in [2.75, 3.05) is 5.75 Å². The van der Waals surface area contributed by atoms with E-state index in [1.165, 1.54) is 19.3 Å². The molecule has 4 rings (SSSR count). The first-order chi connectivity index (χ1) is 13.8. The third-order valence-corrected chi connectivity index (χ3v) is 5.68. The second-order valence-electron chi connectivity index (χ2n) is 6.77. The van der Waals surface area contributed by atoms with E-state index in [4.69, 9.17) is 10.1 Å². The van der Waals surface area contributed by atoms with Gasteiger partial charge in [0.25, 0.3) is 5.91 Å². The first kappa shape index (κ1) is 18.7. The van der Waals surface area contributed by atoms with E-state index in [1.54, 1.807) is 29.2 Å². The number of carbonyl (C=O) groups is 1. The fraction of sp³-hybridized carbons (Fsp3) is 0.333. The van der Waals surface area contributed by atoms with Gasteiger partial charge in [0, 0.05) is 28.9 Å². The van der Waals surface area contributed by atoms with E-state index in [0.717, 1.165) is 28.3 Å². The number of pyridine rings is 1. The van der Waals surface area contributed by atoms with Gasteiger partial charge in [-0.2, -0.15) is 0 Å². The van der Waals surface area contributed by atoms with E-state index in [-0.39, 0.29) is 5.91 Å². The van der Waals surface area contributed by atoms with Crippen LogP contribution in [0.1, 0.15) is 44.3 Å². The van der Waals surface area contributed by atoms with Crippen molar-refractivity contribution in [2.24, 2.45) is 10.1 Å². The zero-order valence-electron chi connectivity index (χ0n) is 15.8. The Labute approximate surface area is 168 Å². The van der Waals surface area contributed by atoms with Gasteiger partial charge in [-0.15, -0.1) is 5.10 Å². The Morgan fingerprint density at radius 2 is 2.04 bits per heavy atom. The monoisotopic (exact) mass is 393 g/mol. The number of aromatic nitrogens is 1. The lowest BCUT2D eigenvalue weighted by atomic mass is 10.1. The van der Waals surface area contributed by atoms with Crippen LogP contribution in [0.15, 0.2) is 58.9 Å². The molecule has 7 heteroatoms. The molecule has 0 saturated carbocycles. The molecule has 2 aliphatic heterocycles. The number of unbranched alkanes of at least 4 members (excludes halogenated alkanes) is 3. The van der Waals surface area contributed by atoms with Crippen LogP contribution in [0.5, 0.6) is 0 Å². The molecular formula is C21H23N5OS. The van der Waals surface area contributed by atoms with E-state index in [9.17, 15) is 4.79 Å². The number of benzene rings is 1. The Bertz CT molecular complexity index is 1000. The first-order valence-electron chi connectivity index (χ1n) is 9.67. The van der Waals surface area contributed by atoms with Gasteiger partial charge in [-0.3, -0.25) is 20.1 Å². The average molecular weight is 394 g/mol. The molecule has 0 bridgehead atoms. The van der Waals surface area contributed by atoms with Crippen LogP contribution in [0.3, 0.4) is 0 Å². The third kappa shape index (κ3) is 3.80. The number of fused-ring (bicyclic) bond motifs is 2. The Morgan fingerprint density at radius 1 is 1.14 bits per heavy atom. The molecule has 0 unspecified atom stereocenters. The number of hydrazone groups is 1. The van der Waals surface area contributed by atoms with Gasteiger partial charge in [-0.05, 0) is 18.6 Å². The predicted octanol–water partition coefficient (Wildman–Crippen LogP) is 2.54. The molecule has 0 aliphatic carbocycles. The van der Waals surface area contributed by atoms with E-state index in [1.807, 2.05) is 36.4 Å². The largest absolute Gasteiger partial charge is 0.298 e. The highest BCUT2D eigenvalue weighted by Gasteiger charge is 2.34. The normalized spacial score (nSPS) is 18.0. The quantitative estimate of drug-likeness (QED) is 0.766. The summed E-state index contributed by atoms with van der Waals surface area (Å²) >= 11 is 1.59. The van der Waals surface area contributed by atoms with Crippen molar-refractivity contribution in [2.45, 2.75) is 38.8 Å². The van der Waals surface area contributed by atoms with Crippen LogP contribution in [0.25, 0.3) is 5.70 Å². The summed E-state index contributed by atoms with van der Waals surface area (Å²) in [7, 11) is 0. The maximum atomic E-state index is 13.0. The van der Waals surface area contributed by atoms with Gasteiger partial charge >= 0.3 is 0 Å². The lowest BCUT2D eigenvalue weighted by Crippen LogP contribution is -2.50. The van der Waals surface area contributed by atoms with Gasteiger partial charge in [-0.1, -0.05) is 62.2 Å². The highest BCUT2D eigenvalue weighted by molar-refractivity contribution is 8.13. The minimum Gasteiger partial charge on any atom is -0.298 e. The van der Waals surface area contributed by atoms with Gasteiger partial charge < -0.3 is 0 Å². The zero-order valence-corrected chi connectivity index (χ0v) is 16.7. The number of thioether (sulfide) groups is 1. The zero-order chi connectivity index (χ0) is 19.3. The maximum absolute atomic E-state index is 13.0. The molecule has 0 spiro atoms. The summed E-state index contributed by atoms with van der Waals surface area (Å²) in [5.41, 5.74) is 1.44. The fourth-order valence-corrected chi connectivity index (χ4v) is 4.19. The topological polar surface area (TPSA) is 70.0 Å². The van der Waals surface area contributed by atoms with Crippen LogP contribution in [-0.2, 0) is 4.79 Å². The molecule has 0 radical (unpaired) electrons. The molecule has 0 fully saturated rings. The number of amidine groups is 1.